The third kappa shape index (κ3) is 4.37. The van der Waals surface area contributed by atoms with Crippen LogP contribution in [0, 0.1) is 11.3 Å². The molecular weight excluding hydrogens is 494 g/mol. The van der Waals surface area contributed by atoms with Gasteiger partial charge in [0.25, 0.3) is 0 Å². The quantitative estimate of drug-likeness (QED) is 0.646. The van der Waals surface area contributed by atoms with Crippen molar-refractivity contribution in [2.45, 2.75) is 31.8 Å². The molecule has 0 aliphatic carbocycles. The zero-order valence-corrected chi connectivity index (χ0v) is 23.3. The number of urea groups is 1. The van der Waals surface area contributed by atoms with Crippen LogP contribution in [-0.2, 0) is 17.7 Å². The molecular formula is C28H37N9O2. The molecule has 1 aromatic heterocycles. The van der Waals surface area contributed by atoms with Crippen molar-refractivity contribution in [1.82, 2.24) is 30.0 Å². The fourth-order valence-electron chi connectivity index (χ4n) is 6.25. The van der Waals surface area contributed by atoms with E-state index in [2.05, 4.69) is 55.2 Å². The SMILES string of the molecule is CNC(=O)N1CCc2c(c(N3CCN(C)c4cc(C5=CN(C)N(C)C5)c(C#N)cc43)nn2C2CCOCC2)C1. The van der Waals surface area contributed by atoms with Gasteiger partial charge in [0.1, 0.15) is 0 Å². The minimum absolute atomic E-state index is 0.0691. The first-order valence-electron chi connectivity index (χ1n) is 13.8. The molecule has 1 fully saturated rings. The molecule has 2 aromatic rings. The Balaban J connectivity index is 1.46. The van der Waals surface area contributed by atoms with Gasteiger partial charge in [-0.25, -0.2) is 9.80 Å². The van der Waals surface area contributed by atoms with Gasteiger partial charge in [-0.15, -0.1) is 0 Å². The molecule has 0 bridgehead atoms. The van der Waals surface area contributed by atoms with Crippen molar-refractivity contribution in [1.29, 1.82) is 5.26 Å². The summed E-state index contributed by atoms with van der Waals surface area (Å²) in [6.07, 6.45) is 4.74. The predicted molar refractivity (Wildman–Crippen MR) is 150 cm³/mol. The van der Waals surface area contributed by atoms with E-state index in [-0.39, 0.29) is 6.03 Å². The van der Waals surface area contributed by atoms with E-state index < -0.39 is 0 Å². The third-order valence-electron chi connectivity index (χ3n) is 8.58. The highest BCUT2D eigenvalue weighted by atomic mass is 16.5. The molecule has 11 heteroatoms. The van der Waals surface area contributed by atoms with E-state index in [4.69, 9.17) is 9.84 Å². The molecule has 5 heterocycles. The average Bonchev–Trinajstić information content (AvgIpc) is 3.51. The van der Waals surface area contributed by atoms with Crippen LogP contribution >= 0.6 is 0 Å². The Morgan fingerprint density at radius 1 is 1.10 bits per heavy atom. The summed E-state index contributed by atoms with van der Waals surface area (Å²) < 4.78 is 7.87. The lowest BCUT2D eigenvalue weighted by Gasteiger charge is -2.37. The standard InChI is InChI=1S/C28H37N9O2/c1-30-28(38)35-8-5-24-23(18-35)27(31-37(24)21-6-11-39-12-7-21)36-10-9-32(2)25-14-22(19(15-29)13-26(25)36)20-16-33(3)34(4)17-20/h13-14,16,21H,5-12,17-18H2,1-4H3,(H,30,38). The summed E-state index contributed by atoms with van der Waals surface area (Å²) >= 11 is 0. The highest BCUT2D eigenvalue weighted by Crippen LogP contribution is 2.43. The normalized spacial score (nSPS) is 20.0. The van der Waals surface area contributed by atoms with Gasteiger partial charge in [-0.1, -0.05) is 0 Å². The van der Waals surface area contributed by atoms with Crippen LogP contribution in [0.3, 0.4) is 0 Å². The van der Waals surface area contributed by atoms with E-state index in [1.807, 2.05) is 25.1 Å². The van der Waals surface area contributed by atoms with E-state index in [1.54, 1.807) is 7.05 Å². The number of hydrogen-bond donors (Lipinski definition) is 1. The maximum atomic E-state index is 12.6. The summed E-state index contributed by atoms with van der Waals surface area (Å²) in [7, 11) is 7.85. The van der Waals surface area contributed by atoms with Crippen molar-refractivity contribution >= 4 is 28.8 Å². The molecule has 0 radical (unpaired) electrons. The van der Waals surface area contributed by atoms with Crippen molar-refractivity contribution in [2.24, 2.45) is 0 Å². The number of ether oxygens (including phenoxy) is 1. The Morgan fingerprint density at radius 3 is 2.59 bits per heavy atom. The number of anilines is 3. The highest BCUT2D eigenvalue weighted by molar-refractivity contribution is 5.86. The Kier molecular flexibility index (Phi) is 6.61. The lowest BCUT2D eigenvalue weighted by molar-refractivity contribution is 0.0651. The van der Waals surface area contributed by atoms with Crippen LogP contribution in [0.4, 0.5) is 22.0 Å². The van der Waals surface area contributed by atoms with Gasteiger partial charge in [-0.2, -0.15) is 10.4 Å². The largest absolute Gasteiger partial charge is 0.381 e. The highest BCUT2D eigenvalue weighted by Gasteiger charge is 2.35. The number of nitrogens with zero attached hydrogens (tertiary/aromatic N) is 8. The minimum Gasteiger partial charge on any atom is -0.381 e. The Morgan fingerprint density at radius 2 is 1.90 bits per heavy atom. The second-order valence-corrected chi connectivity index (χ2v) is 10.9. The van der Waals surface area contributed by atoms with Gasteiger partial charge in [0.2, 0.25) is 0 Å². The van der Waals surface area contributed by atoms with Gasteiger partial charge in [0.05, 0.1) is 35.6 Å². The minimum atomic E-state index is -0.0691. The van der Waals surface area contributed by atoms with Crippen LogP contribution in [-0.4, -0.2) is 98.3 Å². The number of likely N-dealkylation sites (N-methyl/N-ethyl adjacent to an activating group) is 2. The molecule has 4 aliphatic heterocycles. The molecule has 0 unspecified atom stereocenters. The van der Waals surface area contributed by atoms with Crippen molar-refractivity contribution in [2.75, 3.05) is 77.4 Å². The first-order valence-corrected chi connectivity index (χ1v) is 13.8. The monoisotopic (exact) mass is 531 g/mol. The lowest BCUT2D eigenvalue weighted by atomic mass is 9.97. The van der Waals surface area contributed by atoms with E-state index in [1.165, 1.54) is 5.69 Å². The summed E-state index contributed by atoms with van der Waals surface area (Å²) in [4.78, 5) is 19.0. The number of aromatic nitrogens is 2. The van der Waals surface area contributed by atoms with E-state index >= 15 is 0 Å². The number of carbonyl (C=O) groups excluding carboxylic acids is 1. The molecule has 206 valence electrons. The maximum Gasteiger partial charge on any atom is 0.317 e. The molecule has 2 amide bonds. The number of nitrogens with one attached hydrogen (secondary N) is 1. The molecule has 1 aromatic carbocycles. The summed E-state index contributed by atoms with van der Waals surface area (Å²) in [6.45, 7) is 5.00. The van der Waals surface area contributed by atoms with Gasteiger partial charge < -0.3 is 29.8 Å². The predicted octanol–water partition coefficient (Wildman–Crippen LogP) is 2.52. The molecule has 11 nitrogen and oxygen atoms in total. The van der Waals surface area contributed by atoms with Gasteiger partial charge >= 0.3 is 6.03 Å². The first kappa shape index (κ1) is 25.5. The Hall–Kier alpha value is -3.75. The van der Waals surface area contributed by atoms with Crippen LogP contribution in [0.5, 0.6) is 0 Å². The van der Waals surface area contributed by atoms with Crippen LogP contribution in [0.15, 0.2) is 18.3 Å². The van der Waals surface area contributed by atoms with Crippen molar-refractivity contribution in [3.8, 4) is 6.07 Å². The topological polar surface area (TPSA) is 96.1 Å². The van der Waals surface area contributed by atoms with Gasteiger partial charge in [0.15, 0.2) is 5.82 Å². The summed E-state index contributed by atoms with van der Waals surface area (Å²) in [6, 6.07) is 6.88. The third-order valence-corrected chi connectivity index (χ3v) is 8.58. The fraction of sp³-hybridized carbons (Fsp3) is 0.536. The number of fused-ring (bicyclic) bond motifs is 2. The van der Waals surface area contributed by atoms with Crippen molar-refractivity contribution < 1.29 is 9.53 Å². The fourth-order valence-corrected chi connectivity index (χ4v) is 6.25. The van der Waals surface area contributed by atoms with E-state index in [0.29, 0.717) is 24.7 Å². The number of amides is 2. The second kappa shape index (κ2) is 10.1. The van der Waals surface area contributed by atoms with E-state index in [0.717, 1.165) is 86.0 Å². The molecule has 1 N–H and O–H groups in total. The van der Waals surface area contributed by atoms with Gasteiger partial charge in [-0.3, -0.25) is 4.68 Å². The lowest BCUT2D eigenvalue weighted by Crippen LogP contribution is -2.42. The maximum absolute atomic E-state index is 12.6. The number of nitriles is 1. The van der Waals surface area contributed by atoms with Crippen LogP contribution in [0.2, 0.25) is 0 Å². The van der Waals surface area contributed by atoms with E-state index in [9.17, 15) is 10.1 Å². The Labute approximate surface area is 229 Å². The van der Waals surface area contributed by atoms with Gasteiger partial charge in [-0.05, 0) is 30.5 Å². The average molecular weight is 532 g/mol. The number of carbonyl (C=O) groups is 1. The van der Waals surface area contributed by atoms with Crippen LogP contribution in [0.25, 0.3) is 5.57 Å². The summed E-state index contributed by atoms with van der Waals surface area (Å²) in [5, 5.41) is 22.4. The van der Waals surface area contributed by atoms with Crippen molar-refractivity contribution in [3.05, 3.63) is 40.7 Å². The van der Waals surface area contributed by atoms with Crippen molar-refractivity contribution in [3.63, 3.8) is 0 Å². The van der Waals surface area contributed by atoms with Crippen LogP contribution in [0.1, 0.15) is 41.3 Å². The zero-order valence-electron chi connectivity index (χ0n) is 23.3. The zero-order chi connectivity index (χ0) is 27.3. The first-order chi connectivity index (χ1) is 18.9. The van der Waals surface area contributed by atoms with Gasteiger partial charge in [0, 0.05) is 97.0 Å². The Bertz CT molecular complexity index is 1350. The molecule has 4 aliphatic rings. The molecule has 0 spiro atoms. The number of hydrogen-bond acceptors (Lipinski definition) is 8. The van der Waals surface area contributed by atoms with Crippen LogP contribution < -0.4 is 15.1 Å². The summed E-state index contributed by atoms with van der Waals surface area (Å²) in [5.74, 6) is 0.899. The number of rotatable bonds is 3. The smallest absolute Gasteiger partial charge is 0.317 e. The molecule has 1 saturated heterocycles. The molecule has 39 heavy (non-hydrogen) atoms. The second-order valence-electron chi connectivity index (χ2n) is 10.9. The molecule has 0 saturated carbocycles. The number of benzene rings is 1. The summed E-state index contributed by atoms with van der Waals surface area (Å²) in [5.41, 5.74) is 7.17. The molecule has 6 rings (SSSR count). The number of hydrazine groups is 1. The molecule has 0 atom stereocenters.